The summed E-state index contributed by atoms with van der Waals surface area (Å²) in [4.78, 5) is 70.1. The number of amides is 3. The highest BCUT2D eigenvalue weighted by atomic mass is 16.5. The molecule has 8 N–H and O–H groups in total. The van der Waals surface area contributed by atoms with Crippen molar-refractivity contribution in [3.05, 3.63) is 59.7 Å². The summed E-state index contributed by atoms with van der Waals surface area (Å²) in [5, 5.41) is 24.8. The Balaban J connectivity index is 1.81. The number of carbonyl (C=O) groups is 5. The number of nitrogens with two attached hydrogens (primary N) is 2. The summed E-state index contributed by atoms with van der Waals surface area (Å²) >= 11 is 0. The van der Waals surface area contributed by atoms with E-state index in [9.17, 15) is 34.2 Å². The van der Waals surface area contributed by atoms with Crippen LogP contribution in [0.15, 0.2) is 53.5 Å². The number of ether oxygens (including phenoxy) is 1. The lowest BCUT2D eigenvalue weighted by Gasteiger charge is -2.30. The minimum atomic E-state index is -1.27. The first-order valence-electron chi connectivity index (χ1n) is 15.5. The number of likely N-dealkylation sites (tertiary alicyclic amines) is 1. The van der Waals surface area contributed by atoms with E-state index in [-0.39, 0.29) is 49.3 Å². The van der Waals surface area contributed by atoms with Crippen LogP contribution in [-0.2, 0) is 41.6 Å². The van der Waals surface area contributed by atoms with Gasteiger partial charge in [0.2, 0.25) is 11.8 Å². The number of aldehydes is 1. The second kappa shape index (κ2) is 17.5. The van der Waals surface area contributed by atoms with Crippen LogP contribution >= 0.6 is 0 Å². The molecule has 1 saturated heterocycles. The lowest BCUT2D eigenvalue weighted by Crippen LogP contribution is -2.56. The fraction of sp³-hybridized carbons (Fsp3) is 0.455. The van der Waals surface area contributed by atoms with Crippen LogP contribution in [0.4, 0.5) is 0 Å². The summed E-state index contributed by atoms with van der Waals surface area (Å²) in [5.74, 6) is -2.38. The molecule has 1 aliphatic rings. The quantitative estimate of drug-likeness (QED) is 0.0488. The van der Waals surface area contributed by atoms with Gasteiger partial charge in [-0.1, -0.05) is 31.2 Å². The van der Waals surface area contributed by atoms with Crippen LogP contribution in [0, 0.1) is 5.92 Å². The largest absolute Gasteiger partial charge is 0.508 e. The number of hydrogen-bond acceptors (Lipinski definition) is 9. The van der Waals surface area contributed by atoms with E-state index in [2.05, 4.69) is 15.6 Å². The number of benzene rings is 2. The van der Waals surface area contributed by atoms with Crippen molar-refractivity contribution in [3.63, 3.8) is 0 Å². The third-order valence-electron chi connectivity index (χ3n) is 7.79. The predicted molar refractivity (Wildman–Crippen MR) is 173 cm³/mol. The molecule has 0 aliphatic carbocycles. The maximum Gasteiger partial charge on any atom is 0.303 e. The molecule has 47 heavy (non-hydrogen) atoms. The molecule has 0 radical (unpaired) electrons. The van der Waals surface area contributed by atoms with Gasteiger partial charge in [-0.3, -0.25) is 24.2 Å². The van der Waals surface area contributed by atoms with Crippen LogP contribution in [0.25, 0.3) is 0 Å². The Morgan fingerprint density at radius 3 is 2.19 bits per heavy atom. The standard InChI is InChI=1S/C33H44N6O8/c1-20-16-28(30(44)37-24(19-40)4-3-15-36-33(34)35)39(18-20)32(46)27(14-9-22-5-10-25(42)11-6-22)38-31(45)29(47-21(2)41)17-23-7-12-26(43)13-8-23/h5-8,10-13,19-20,24,27-29,42-43H,3-4,9,14-18H2,1-2H3,(H,37,44)(H,38,45)(H4,34,35,36). The predicted octanol–water partition coefficient (Wildman–Crippen LogP) is 0.664. The fourth-order valence-electron chi connectivity index (χ4n) is 5.44. The van der Waals surface area contributed by atoms with E-state index in [1.165, 1.54) is 36.1 Å². The van der Waals surface area contributed by atoms with Gasteiger partial charge in [0, 0.05) is 26.4 Å². The molecular formula is C33H44N6O8. The molecule has 1 heterocycles. The average molecular weight is 653 g/mol. The number of guanidine groups is 1. The molecule has 5 atom stereocenters. The Labute approximate surface area is 273 Å². The Morgan fingerprint density at radius 1 is 1.00 bits per heavy atom. The van der Waals surface area contributed by atoms with Crippen molar-refractivity contribution in [2.45, 2.75) is 76.6 Å². The molecule has 3 rings (SSSR count). The normalized spacial score (nSPS) is 17.5. The van der Waals surface area contributed by atoms with E-state index < -0.39 is 47.9 Å². The number of phenols is 2. The smallest absolute Gasteiger partial charge is 0.303 e. The van der Waals surface area contributed by atoms with Crippen LogP contribution in [0.3, 0.4) is 0 Å². The average Bonchev–Trinajstić information content (AvgIpc) is 3.43. The highest BCUT2D eigenvalue weighted by molar-refractivity contribution is 5.94. The number of aromatic hydroxyl groups is 2. The van der Waals surface area contributed by atoms with Crippen molar-refractivity contribution >= 4 is 35.9 Å². The molecule has 1 fully saturated rings. The summed E-state index contributed by atoms with van der Waals surface area (Å²) in [6.07, 6.45) is 0.932. The molecule has 0 spiro atoms. The van der Waals surface area contributed by atoms with Crippen LogP contribution in [-0.4, -0.2) is 88.4 Å². The number of nitrogens with zero attached hydrogens (tertiary/aromatic N) is 2. The van der Waals surface area contributed by atoms with Gasteiger partial charge in [-0.05, 0) is 73.4 Å². The minimum absolute atomic E-state index is 0.00733. The summed E-state index contributed by atoms with van der Waals surface area (Å²) in [6.45, 7) is 3.61. The third kappa shape index (κ3) is 11.6. The number of rotatable bonds is 16. The molecule has 2 aromatic rings. The van der Waals surface area contributed by atoms with Gasteiger partial charge in [0.05, 0.1) is 6.04 Å². The molecule has 0 saturated carbocycles. The molecule has 14 nitrogen and oxygen atoms in total. The molecule has 1 aliphatic heterocycles. The number of esters is 1. The Bertz CT molecular complexity index is 1410. The minimum Gasteiger partial charge on any atom is -0.508 e. The molecule has 0 bridgehead atoms. The number of hydrogen-bond donors (Lipinski definition) is 6. The molecule has 3 amide bonds. The van der Waals surface area contributed by atoms with Crippen molar-refractivity contribution in [2.75, 3.05) is 13.1 Å². The summed E-state index contributed by atoms with van der Waals surface area (Å²) in [6, 6.07) is 9.72. The van der Waals surface area contributed by atoms with Gasteiger partial charge in [-0.25, -0.2) is 0 Å². The second-order valence-corrected chi connectivity index (χ2v) is 11.8. The van der Waals surface area contributed by atoms with Gasteiger partial charge in [0.1, 0.15) is 29.9 Å². The number of aliphatic imine (C=N–C) groups is 1. The topological polar surface area (TPSA) is 227 Å². The summed E-state index contributed by atoms with van der Waals surface area (Å²) < 4.78 is 5.33. The lowest BCUT2D eigenvalue weighted by atomic mass is 10.0. The van der Waals surface area contributed by atoms with E-state index in [4.69, 9.17) is 16.2 Å². The van der Waals surface area contributed by atoms with Gasteiger partial charge < -0.3 is 46.7 Å². The van der Waals surface area contributed by atoms with Gasteiger partial charge in [0.25, 0.3) is 5.91 Å². The Morgan fingerprint density at radius 2 is 1.62 bits per heavy atom. The van der Waals surface area contributed by atoms with Crippen LogP contribution < -0.4 is 22.1 Å². The number of carbonyl (C=O) groups excluding carboxylic acids is 5. The Hall–Kier alpha value is -5.14. The van der Waals surface area contributed by atoms with Crippen molar-refractivity contribution in [2.24, 2.45) is 22.4 Å². The van der Waals surface area contributed by atoms with Crippen molar-refractivity contribution < 1.29 is 38.9 Å². The van der Waals surface area contributed by atoms with Crippen molar-refractivity contribution in [1.82, 2.24) is 15.5 Å². The molecular weight excluding hydrogens is 608 g/mol. The third-order valence-corrected chi connectivity index (χ3v) is 7.79. The molecule has 254 valence electrons. The van der Waals surface area contributed by atoms with Gasteiger partial charge in [-0.2, -0.15) is 0 Å². The first-order chi connectivity index (χ1) is 22.4. The molecule has 14 heteroatoms. The first kappa shape index (κ1) is 36.3. The highest BCUT2D eigenvalue weighted by Crippen LogP contribution is 2.25. The monoisotopic (exact) mass is 652 g/mol. The Kier molecular flexibility index (Phi) is 13.5. The number of nitrogens with one attached hydrogen (secondary N) is 2. The van der Waals surface area contributed by atoms with Crippen molar-refractivity contribution in [3.8, 4) is 11.5 Å². The molecule has 0 aromatic heterocycles. The van der Waals surface area contributed by atoms with Crippen LogP contribution in [0.1, 0.15) is 50.7 Å². The first-order valence-corrected chi connectivity index (χ1v) is 15.5. The SMILES string of the molecule is CC(=O)OC(Cc1ccc(O)cc1)C(=O)NC(CCc1ccc(O)cc1)C(=O)N1CC(C)CC1C(=O)NC(C=O)CCCN=C(N)N. The molecule has 5 unspecified atom stereocenters. The highest BCUT2D eigenvalue weighted by Gasteiger charge is 2.41. The zero-order valence-electron chi connectivity index (χ0n) is 26.6. The van der Waals surface area contributed by atoms with Gasteiger partial charge in [-0.15, -0.1) is 0 Å². The van der Waals surface area contributed by atoms with Crippen LogP contribution in [0.2, 0.25) is 0 Å². The maximum absolute atomic E-state index is 14.1. The van der Waals surface area contributed by atoms with Crippen molar-refractivity contribution in [1.29, 1.82) is 0 Å². The maximum atomic E-state index is 14.1. The molecule has 2 aromatic carbocycles. The fourth-order valence-corrected chi connectivity index (χ4v) is 5.44. The van der Waals surface area contributed by atoms with E-state index in [0.717, 1.165) is 5.56 Å². The summed E-state index contributed by atoms with van der Waals surface area (Å²) in [7, 11) is 0. The second-order valence-electron chi connectivity index (χ2n) is 11.8. The number of phenolic OH excluding ortho intramolecular Hbond substituents is 2. The van der Waals surface area contributed by atoms with E-state index >= 15 is 0 Å². The van der Waals surface area contributed by atoms with E-state index in [1.807, 2.05) is 6.92 Å². The van der Waals surface area contributed by atoms with Gasteiger partial charge >= 0.3 is 5.97 Å². The summed E-state index contributed by atoms with van der Waals surface area (Å²) in [5.41, 5.74) is 12.1. The zero-order valence-corrected chi connectivity index (χ0v) is 26.6. The van der Waals surface area contributed by atoms with E-state index in [0.29, 0.717) is 37.5 Å². The number of aryl methyl sites for hydroxylation is 1. The van der Waals surface area contributed by atoms with E-state index in [1.54, 1.807) is 24.3 Å². The zero-order chi connectivity index (χ0) is 34.5. The lowest BCUT2D eigenvalue weighted by molar-refractivity contribution is -0.154. The van der Waals surface area contributed by atoms with Gasteiger partial charge in [0.15, 0.2) is 12.1 Å². The van der Waals surface area contributed by atoms with Crippen LogP contribution in [0.5, 0.6) is 11.5 Å².